The van der Waals surface area contributed by atoms with E-state index in [-0.39, 0.29) is 24.7 Å². The molecule has 0 radical (unpaired) electrons. The zero-order valence-electron chi connectivity index (χ0n) is 16.2. The minimum absolute atomic E-state index is 0.0757. The van der Waals surface area contributed by atoms with Crippen LogP contribution >= 0.6 is 0 Å². The van der Waals surface area contributed by atoms with Crippen LogP contribution in [0.15, 0.2) is 41.5 Å². The fraction of sp³-hybridized carbons (Fsp3) is 0.500. The third kappa shape index (κ3) is 5.95. The van der Waals surface area contributed by atoms with Crippen molar-refractivity contribution in [2.45, 2.75) is 44.3 Å². The second-order valence-electron chi connectivity index (χ2n) is 7.22. The molecule has 1 aliphatic carbocycles. The van der Waals surface area contributed by atoms with Gasteiger partial charge in [-0.2, -0.15) is 18.3 Å². The van der Waals surface area contributed by atoms with Gasteiger partial charge < -0.3 is 10.6 Å². The first kappa shape index (κ1) is 21.1. The molecule has 1 aliphatic rings. The van der Waals surface area contributed by atoms with Gasteiger partial charge in [0.05, 0.1) is 17.3 Å². The lowest BCUT2D eigenvalue weighted by Gasteiger charge is -2.31. The molecule has 5 nitrogen and oxygen atoms in total. The third-order valence-corrected chi connectivity index (χ3v) is 5.11. The van der Waals surface area contributed by atoms with Gasteiger partial charge in [0, 0.05) is 32.3 Å². The van der Waals surface area contributed by atoms with E-state index in [4.69, 9.17) is 0 Å². The van der Waals surface area contributed by atoms with Gasteiger partial charge in [0.1, 0.15) is 5.82 Å². The summed E-state index contributed by atoms with van der Waals surface area (Å²) in [6.07, 6.45) is -0.188. The summed E-state index contributed by atoms with van der Waals surface area (Å²) < 4.78 is 53.6. The van der Waals surface area contributed by atoms with E-state index in [2.05, 4.69) is 20.7 Å². The highest BCUT2D eigenvalue weighted by Gasteiger charge is 2.42. The van der Waals surface area contributed by atoms with Crippen LogP contribution in [0.25, 0.3) is 5.69 Å². The van der Waals surface area contributed by atoms with E-state index in [9.17, 15) is 17.6 Å². The Labute approximate surface area is 167 Å². The first-order valence-electron chi connectivity index (χ1n) is 9.69. The van der Waals surface area contributed by atoms with Crippen molar-refractivity contribution in [3.8, 4) is 5.69 Å². The van der Waals surface area contributed by atoms with E-state index in [1.165, 1.54) is 12.1 Å². The van der Waals surface area contributed by atoms with Gasteiger partial charge in [-0.1, -0.05) is 6.42 Å². The highest BCUT2D eigenvalue weighted by Crippen LogP contribution is 2.37. The molecule has 0 aliphatic heterocycles. The van der Waals surface area contributed by atoms with Crippen LogP contribution in [0.5, 0.6) is 0 Å². The molecule has 0 spiro atoms. The summed E-state index contributed by atoms with van der Waals surface area (Å²) in [5, 5.41) is 10.7. The topological polar surface area (TPSA) is 54.2 Å². The minimum Gasteiger partial charge on any atom is -0.356 e. The van der Waals surface area contributed by atoms with E-state index in [1.807, 2.05) is 6.07 Å². The fourth-order valence-corrected chi connectivity index (χ4v) is 3.55. The Hall–Kier alpha value is -2.58. The maximum atomic E-state index is 13.0. The molecule has 1 aromatic carbocycles. The Kier molecular flexibility index (Phi) is 6.76. The summed E-state index contributed by atoms with van der Waals surface area (Å²) in [6, 6.07) is 7.68. The van der Waals surface area contributed by atoms with Gasteiger partial charge in [-0.25, -0.2) is 9.07 Å². The summed E-state index contributed by atoms with van der Waals surface area (Å²) in [6.45, 7) is 0.537. The van der Waals surface area contributed by atoms with Crippen LogP contribution in [-0.2, 0) is 6.42 Å². The first-order chi connectivity index (χ1) is 13.8. The molecule has 2 aromatic rings. The number of hydrogen-bond donors (Lipinski definition) is 2. The van der Waals surface area contributed by atoms with Crippen molar-refractivity contribution in [3.05, 3.63) is 48.0 Å². The summed E-state index contributed by atoms with van der Waals surface area (Å²) in [5.41, 5.74) is 1.60. The molecule has 1 fully saturated rings. The van der Waals surface area contributed by atoms with Crippen molar-refractivity contribution in [2.75, 3.05) is 13.6 Å². The molecule has 29 heavy (non-hydrogen) atoms. The quantitative estimate of drug-likeness (QED) is 0.447. The molecule has 2 N–H and O–H groups in total. The molecule has 1 aromatic heterocycles. The van der Waals surface area contributed by atoms with Gasteiger partial charge in [0.2, 0.25) is 0 Å². The third-order valence-electron chi connectivity index (χ3n) is 5.11. The van der Waals surface area contributed by atoms with Crippen molar-refractivity contribution in [1.29, 1.82) is 0 Å². The van der Waals surface area contributed by atoms with Crippen LogP contribution in [0, 0.1) is 11.7 Å². The van der Waals surface area contributed by atoms with E-state index in [1.54, 1.807) is 30.1 Å². The Balaban J connectivity index is 1.47. The summed E-state index contributed by atoms with van der Waals surface area (Å²) in [7, 11) is 1.60. The van der Waals surface area contributed by atoms with Gasteiger partial charge in [-0.05, 0) is 49.6 Å². The second-order valence-corrected chi connectivity index (χ2v) is 7.22. The molecular weight excluding hydrogens is 386 g/mol. The average molecular weight is 411 g/mol. The number of hydrogen-bond acceptors (Lipinski definition) is 2. The summed E-state index contributed by atoms with van der Waals surface area (Å²) in [4.78, 5) is 4.11. The second kappa shape index (κ2) is 9.28. The van der Waals surface area contributed by atoms with Crippen LogP contribution in [0.4, 0.5) is 17.6 Å². The molecule has 158 valence electrons. The molecule has 9 heteroatoms. The van der Waals surface area contributed by atoms with Crippen molar-refractivity contribution in [2.24, 2.45) is 10.9 Å². The monoisotopic (exact) mass is 411 g/mol. The highest BCUT2D eigenvalue weighted by atomic mass is 19.4. The van der Waals surface area contributed by atoms with Crippen LogP contribution in [0.3, 0.4) is 0 Å². The maximum absolute atomic E-state index is 13.0. The molecule has 3 rings (SSSR count). The number of rotatable bonds is 5. The summed E-state index contributed by atoms with van der Waals surface area (Å²) in [5.74, 6) is -1.05. The maximum Gasteiger partial charge on any atom is 0.391 e. The SMILES string of the molecule is CN=C(NCCc1ccn(-c2ccc(F)cc2)n1)NC1CCCC(C(F)(F)F)C1. The molecule has 0 bridgehead atoms. The zero-order valence-corrected chi connectivity index (χ0v) is 16.2. The Morgan fingerprint density at radius 3 is 2.66 bits per heavy atom. The fourth-order valence-electron chi connectivity index (χ4n) is 3.55. The van der Waals surface area contributed by atoms with Gasteiger partial charge in [-0.3, -0.25) is 4.99 Å². The number of halogens is 4. The number of alkyl halides is 3. The van der Waals surface area contributed by atoms with Crippen LogP contribution in [0.2, 0.25) is 0 Å². The smallest absolute Gasteiger partial charge is 0.356 e. The number of guanidine groups is 1. The van der Waals surface area contributed by atoms with Crippen LogP contribution in [-0.4, -0.2) is 41.6 Å². The lowest BCUT2D eigenvalue weighted by atomic mass is 9.85. The van der Waals surface area contributed by atoms with Crippen molar-refractivity contribution >= 4 is 5.96 Å². The van der Waals surface area contributed by atoms with Crippen LogP contribution in [0.1, 0.15) is 31.4 Å². The number of nitrogens with zero attached hydrogens (tertiary/aromatic N) is 3. The Morgan fingerprint density at radius 1 is 1.21 bits per heavy atom. The van der Waals surface area contributed by atoms with Gasteiger partial charge in [0.25, 0.3) is 0 Å². The summed E-state index contributed by atoms with van der Waals surface area (Å²) >= 11 is 0. The van der Waals surface area contributed by atoms with Gasteiger partial charge in [0.15, 0.2) is 5.96 Å². The van der Waals surface area contributed by atoms with E-state index < -0.39 is 12.1 Å². The largest absolute Gasteiger partial charge is 0.391 e. The van der Waals surface area contributed by atoms with Gasteiger partial charge in [-0.15, -0.1) is 0 Å². The van der Waals surface area contributed by atoms with Crippen molar-refractivity contribution < 1.29 is 17.6 Å². The zero-order chi connectivity index (χ0) is 20.9. The Bertz CT molecular complexity index is 813. The first-order valence-corrected chi connectivity index (χ1v) is 9.69. The standard InChI is InChI=1S/C20H25F4N5/c1-25-19(27-17-4-2-3-14(13-17)20(22,23)24)26-11-9-16-10-12-29(28-16)18-7-5-15(21)6-8-18/h5-8,10,12,14,17H,2-4,9,11,13H2,1H3,(H2,25,26,27). The Morgan fingerprint density at radius 2 is 1.97 bits per heavy atom. The number of aromatic nitrogens is 2. The number of aliphatic imine (C=N–C) groups is 1. The van der Waals surface area contributed by atoms with E-state index in [0.29, 0.717) is 31.8 Å². The molecule has 1 heterocycles. The van der Waals surface area contributed by atoms with Crippen molar-refractivity contribution in [1.82, 2.24) is 20.4 Å². The number of nitrogens with one attached hydrogen (secondary N) is 2. The lowest BCUT2D eigenvalue weighted by Crippen LogP contribution is -2.47. The molecule has 0 saturated heterocycles. The molecule has 0 amide bonds. The van der Waals surface area contributed by atoms with Gasteiger partial charge >= 0.3 is 6.18 Å². The van der Waals surface area contributed by atoms with Crippen molar-refractivity contribution in [3.63, 3.8) is 0 Å². The number of benzene rings is 1. The molecule has 2 unspecified atom stereocenters. The average Bonchev–Trinajstić information content (AvgIpc) is 3.16. The molecular formula is C20H25F4N5. The van der Waals surface area contributed by atoms with Crippen LogP contribution < -0.4 is 10.6 Å². The van der Waals surface area contributed by atoms with E-state index in [0.717, 1.165) is 11.4 Å². The molecule has 1 saturated carbocycles. The predicted molar refractivity (Wildman–Crippen MR) is 104 cm³/mol. The highest BCUT2D eigenvalue weighted by molar-refractivity contribution is 5.79. The lowest BCUT2D eigenvalue weighted by molar-refractivity contribution is -0.183. The normalized spacial score (nSPS) is 20.5. The molecule has 2 atom stereocenters. The minimum atomic E-state index is -4.14. The van der Waals surface area contributed by atoms with E-state index >= 15 is 0 Å². The predicted octanol–water partition coefficient (Wildman–Crippen LogP) is 3.84.